The Kier molecular flexibility index (Phi) is 4.74. The van der Waals surface area contributed by atoms with Gasteiger partial charge in [0.05, 0.1) is 18.8 Å². The van der Waals surface area contributed by atoms with Gasteiger partial charge in [-0.2, -0.15) is 0 Å². The summed E-state index contributed by atoms with van der Waals surface area (Å²) in [5.41, 5.74) is 2.67. The summed E-state index contributed by atoms with van der Waals surface area (Å²) in [5.74, 6) is 0. The van der Waals surface area contributed by atoms with Crippen molar-refractivity contribution in [3.63, 3.8) is 0 Å². The standard InChI is InChI=1S/C22H28N2O2/c1-23(2)21-11-7-6-10-20(21)22(25)12-18-15-26-16-19(13-22)24(18)14-17-8-4-3-5-9-17/h3-11,18-19,25H,12-16H2,1-2H3. The molecule has 0 aliphatic carbocycles. The topological polar surface area (TPSA) is 35.9 Å². The van der Waals surface area contributed by atoms with Gasteiger partial charge in [0.1, 0.15) is 0 Å². The Morgan fingerprint density at radius 2 is 1.62 bits per heavy atom. The monoisotopic (exact) mass is 352 g/mol. The molecular formula is C22H28N2O2. The molecule has 0 radical (unpaired) electrons. The van der Waals surface area contributed by atoms with Crippen molar-refractivity contribution in [1.82, 2.24) is 4.90 Å². The Morgan fingerprint density at radius 3 is 2.27 bits per heavy atom. The molecule has 0 amide bonds. The molecule has 2 atom stereocenters. The number of hydrogen-bond acceptors (Lipinski definition) is 4. The molecule has 2 aliphatic heterocycles. The molecule has 2 aromatic carbocycles. The number of morpholine rings is 1. The van der Waals surface area contributed by atoms with Gasteiger partial charge in [-0.15, -0.1) is 0 Å². The van der Waals surface area contributed by atoms with Crippen LogP contribution in [0.15, 0.2) is 54.6 Å². The van der Waals surface area contributed by atoms with E-state index in [-0.39, 0.29) is 12.1 Å². The summed E-state index contributed by atoms with van der Waals surface area (Å²) in [7, 11) is 4.08. The second kappa shape index (κ2) is 7.03. The average molecular weight is 352 g/mol. The lowest BCUT2D eigenvalue weighted by Crippen LogP contribution is -2.60. The number of fused-ring (bicyclic) bond motifs is 2. The molecule has 2 heterocycles. The van der Waals surface area contributed by atoms with E-state index in [0.717, 1.165) is 17.8 Å². The predicted molar refractivity (Wildman–Crippen MR) is 104 cm³/mol. The van der Waals surface area contributed by atoms with Crippen molar-refractivity contribution in [2.24, 2.45) is 0 Å². The van der Waals surface area contributed by atoms with Crippen LogP contribution in [0.2, 0.25) is 0 Å². The van der Waals surface area contributed by atoms with E-state index in [2.05, 4.69) is 52.3 Å². The largest absolute Gasteiger partial charge is 0.385 e. The molecule has 4 rings (SSSR count). The molecule has 2 saturated heterocycles. The molecule has 26 heavy (non-hydrogen) atoms. The first-order valence-electron chi connectivity index (χ1n) is 9.43. The van der Waals surface area contributed by atoms with E-state index in [4.69, 9.17) is 4.74 Å². The summed E-state index contributed by atoms with van der Waals surface area (Å²) < 4.78 is 5.85. The van der Waals surface area contributed by atoms with Gasteiger partial charge >= 0.3 is 0 Å². The molecule has 2 unspecified atom stereocenters. The van der Waals surface area contributed by atoms with E-state index in [1.807, 2.05) is 26.2 Å². The second-order valence-corrected chi connectivity index (χ2v) is 7.85. The Hall–Kier alpha value is -1.88. The Bertz CT molecular complexity index is 733. The zero-order valence-corrected chi connectivity index (χ0v) is 15.6. The molecule has 2 fully saturated rings. The third kappa shape index (κ3) is 3.25. The first-order chi connectivity index (χ1) is 12.6. The van der Waals surface area contributed by atoms with Gasteiger partial charge in [0.25, 0.3) is 0 Å². The first kappa shape index (κ1) is 17.5. The number of aliphatic hydroxyl groups is 1. The lowest BCUT2D eigenvalue weighted by atomic mass is 9.76. The summed E-state index contributed by atoms with van der Waals surface area (Å²) in [6, 6.07) is 19.3. The fourth-order valence-electron chi connectivity index (χ4n) is 4.57. The molecule has 138 valence electrons. The van der Waals surface area contributed by atoms with Crippen molar-refractivity contribution in [3.8, 4) is 0 Å². The van der Waals surface area contributed by atoms with Crippen LogP contribution < -0.4 is 4.90 Å². The maximum atomic E-state index is 11.7. The van der Waals surface area contributed by atoms with E-state index in [0.29, 0.717) is 26.1 Å². The number of piperidine rings is 1. The summed E-state index contributed by atoms with van der Waals surface area (Å²) in [6.45, 7) is 2.30. The highest BCUT2D eigenvalue weighted by molar-refractivity contribution is 5.55. The Morgan fingerprint density at radius 1 is 1.00 bits per heavy atom. The van der Waals surface area contributed by atoms with Gasteiger partial charge in [-0.05, 0) is 24.5 Å². The van der Waals surface area contributed by atoms with E-state index in [1.54, 1.807) is 0 Å². The second-order valence-electron chi connectivity index (χ2n) is 7.85. The van der Waals surface area contributed by atoms with Crippen molar-refractivity contribution in [1.29, 1.82) is 0 Å². The molecule has 2 aromatic rings. The van der Waals surface area contributed by atoms with Crippen LogP contribution in [-0.2, 0) is 16.9 Å². The van der Waals surface area contributed by atoms with Crippen LogP contribution in [0.3, 0.4) is 0 Å². The third-order valence-corrected chi connectivity index (χ3v) is 5.80. The SMILES string of the molecule is CN(C)c1ccccc1C1(O)CC2COCC(C1)N2Cc1ccccc1. The van der Waals surface area contributed by atoms with E-state index in [1.165, 1.54) is 5.56 Å². The van der Waals surface area contributed by atoms with Crippen molar-refractivity contribution in [2.75, 3.05) is 32.2 Å². The van der Waals surface area contributed by atoms with Crippen LogP contribution in [0.25, 0.3) is 0 Å². The Labute approximate surface area is 156 Å². The number of nitrogens with zero attached hydrogens (tertiary/aromatic N) is 2. The minimum absolute atomic E-state index is 0.239. The smallest absolute Gasteiger partial charge is 0.0948 e. The van der Waals surface area contributed by atoms with Crippen molar-refractivity contribution in [3.05, 3.63) is 65.7 Å². The molecule has 4 nitrogen and oxygen atoms in total. The molecule has 1 N–H and O–H groups in total. The predicted octanol–water partition coefficient (Wildman–Crippen LogP) is 3.00. The van der Waals surface area contributed by atoms with E-state index < -0.39 is 5.60 Å². The number of hydrogen-bond donors (Lipinski definition) is 1. The number of para-hydroxylation sites is 1. The van der Waals surface area contributed by atoms with Gasteiger partial charge in [0, 0.05) is 44.0 Å². The fourth-order valence-corrected chi connectivity index (χ4v) is 4.57. The molecule has 0 saturated carbocycles. The fraction of sp³-hybridized carbons (Fsp3) is 0.455. The van der Waals surface area contributed by atoms with Crippen LogP contribution >= 0.6 is 0 Å². The average Bonchev–Trinajstić information content (AvgIpc) is 2.63. The van der Waals surface area contributed by atoms with Crippen LogP contribution in [0, 0.1) is 0 Å². The van der Waals surface area contributed by atoms with Crippen molar-refractivity contribution < 1.29 is 9.84 Å². The Balaban J connectivity index is 1.62. The summed E-state index contributed by atoms with van der Waals surface area (Å²) >= 11 is 0. The van der Waals surface area contributed by atoms with Gasteiger partial charge < -0.3 is 14.7 Å². The highest BCUT2D eigenvalue weighted by Crippen LogP contribution is 2.44. The van der Waals surface area contributed by atoms with Crippen molar-refractivity contribution in [2.45, 2.75) is 37.1 Å². The number of ether oxygens (including phenoxy) is 1. The molecule has 2 aliphatic rings. The molecule has 2 bridgehead atoms. The highest BCUT2D eigenvalue weighted by atomic mass is 16.5. The van der Waals surface area contributed by atoms with Crippen molar-refractivity contribution >= 4 is 5.69 Å². The van der Waals surface area contributed by atoms with E-state index >= 15 is 0 Å². The minimum Gasteiger partial charge on any atom is -0.385 e. The van der Waals surface area contributed by atoms with E-state index in [9.17, 15) is 5.11 Å². The van der Waals surface area contributed by atoms with Gasteiger partial charge in [0.15, 0.2) is 0 Å². The lowest BCUT2D eigenvalue weighted by Gasteiger charge is -2.52. The highest BCUT2D eigenvalue weighted by Gasteiger charge is 2.47. The number of benzene rings is 2. The third-order valence-electron chi connectivity index (χ3n) is 5.80. The number of rotatable bonds is 4. The van der Waals surface area contributed by atoms with Crippen LogP contribution in [0.1, 0.15) is 24.0 Å². The zero-order chi connectivity index (χ0) is 18.1. The molecule has 0 aromatic heterocycles. The minimum atomic E-state index is -0.798. The van der Waals surface area contributed by atoms with Crippen LogP contribution in [0.5, 0.6) is 0 Å². The lowest BCUT2D eigenvalue weighted by molar-refractivity contribution is -0.149. The normalized spacial score (nSPS) is 28.7. The molecule has 0 spiro atoms. The quantitative estimate of drug-likeness (QED) is 0.918. The molecular weight excluding hydrogens is 324 g/mol. The van der Waals surface area contributed by atoms with Crippen LogP contribution in [-0.4, -0.2) is 49.4 Å². The van der Waals surface area contributed by atoms with Gasteiger partial charge in [-0.1, -0.05) is 48.5 Å². The number of anilines is 1. The maximum Gasteiger partial charge on any atom is 0.0948 e. The maximum absolute atomic E-state index is 11.7. The van der Waals surface area contributed by atoms with Gasteiger partial charge in [-0.25, -0.2) is 0 Å². The van der Waals surface area contributed by atoms with Crippen LogP contribution in [0.4, 0.5) is 5.69 Å². The molecule has 4 heteroatoms. The summed E-state index contributed by atoms with van der Waals surface area (Å²) in [5, 5.41) is 11.7. The van der Waals surface area contributed by atoms with Gasteiger partial charge in [0.2, 0.25) is 0 Å². The van der Waals surface area contributed by atoms with Gasteiger partial charge in [-0.3, -0.25) is 4.90 Å². The zero-order valence-electron chi connectivity index (χ0n) is 15.6. The first-order valence-corrected chi connectivity index (χ1v) is 9.43. The summed E-state index contributed by atoms with van der Waals surface area (Å²) in [6.07, 6.45) is 1.42. The summed E-state index contributed by atoms with van der Waals surface area (Å²) in [4.78, 5) is 4.63.